The Kier molecular flexibility index (Phi) is 4.91. The van der Waals surface area contributed by atoms with Crippen LogP contribution in [0.15, 0.2) is 42.5 Å². The molecule has 1 spiro atoms. The molecule has 0 radical (unpaired) electrons. The van der Waals surface area contributed by atoms with E-state index in [4.69, 9.17) is 23.2 Å². The number of nitrogens with zero attached hydrogens (tertiary/aromatic N) is 4. The number of hydrogen-bond donors (Lipinski definition) is 2. The SMILES string of the molecule is CC(c1ccc(Cl)cc1)n1nnc2c1NC(=O)C[C@]21C(=O)N(CC(=O)O)c2ccc(Cl)cc21. The number of amides is 2. The van der Waals surface area contributed by atoms with Crippen molar-refractivity contribution in [2.24, 2.45) is 0 Å². The summed E-state index contributed by atoms with van der Waals surface area (Å²) in [6.45, 7) is 1.32. The summed E-state index contributed by atoms with van der Waals surface area (Å²) in [5.74, 6) is -1.86. The minimum absolute atomic E-state index is 0.240. The molecule has 2 aliphatic heterocycles. The number of carbonyl (C=O) groups is 3. The van der Waals surface area contributed by atoms with Gasteiger partial charge in [-0.25, -0.2) is 4.68 Å². The van der Waals surface area contributed by atoms with E-state index >= 15 is 0 Å². The number of hydrogen-bond acceptors (Lipinski definition) is 5. The van der Waals surface area contributed by atoms with Crippen molar-refractivity contribution < 1.29 is 19.5 Å². The van der Waals surface area contributed by atoms with E-state index in [0.29, 0.717) is 21.3 Å². The van der Waals surface area contributed by atoms with Gasteiger partial charge < -0.3 is 10.4 Å². The van der Waals surface area contributed by atoms with Crippen LogP contribution in [0.25, 0.3) is 0 Å². The van der Waals surface area contributed by atoms with Crippen molar-refractivity contribution in [3.8, 4) is 0 Å². The van der Waals surface area contributed by atoms with Crippen LogP contribution in [0.5, 0.6) is 0 Å². The Labute approximate surface area is 197 Å². The predicted octanol–water partition coefficient (Wildman–Crippen LogP) is 3.25. The molecule has 0 saturated carbocycles. The number of carboxylic acids is 1. The van der Waals surface area contributed by atoms with E-state index in [9.17, 15) is 19.5 Å². The summed E-state index contributed by atoms with van der Waals surface area (Å²) in [5.41, 5.74) is 0.418. The normalized spacial score (nSPS) is 19.9. The van der Waals surface area contributed by atoms with Gasteiger partial charge >= 0.3 is 5.97 Å². The fourth-order valence-electron chi connectivity index (χ4n) is 4.58. The fourth-order valence-corrected chi connectivity index (χ4v) is 4.88. The predicted molar refractivity (Wildman–Crippen MR) is 121 cm³/mol. The van der Waals surface area contributed by atoms with E-state index in [0.717, 1.165) is 10.5 Å². The molecule has 1 aromatic heterocycles. The van der Waals surface area contributed by atoms with Gasteiger partial charge in [-0.05, 0) is 48.4 Å². The molecular formula is C22H17Cl2N5O4. The summed E-state index contributed by atoms with van der Waals surface area (Å²) in [4.78, 5) is 39.3. The first-order chi connectivity index (χ1) is 15.7. The molecule has 0 aliphatic carbocycles. The van der Waals surface area contributed by atoms with Gasteiger partial charge in [-0.3, -0.25) is 19.3 Å². The van der Waals surface area contributed by atoms with Crippen LogP contribution in [0, 0.1) is 0 Å². The monoisotopic (exact) mass is 485 g/mol. The number of aliphatic carboxylic acids is 1. The number of anilines is 2. The molecule has 3 aromatic rings. The molecule has 168 valence electrons. The third-order valence-corrected chi connectivity index (χ3v) is 6.60. The molecular weight excluding hydrogens is 469 g/mol. The van der Waals surface area contributed by atoms with E-state index in [2.05, 4.69) is 15.6 Å². The van der Waals surface area contributed by atoms with Crippen LogP contribution in [-0.2, 0) is 19.8 Å². The number of halogens is 2. The Morgan fingerprint density at radius 2 is 1.88 bits per heavy atom. The molecule has 0 saturated heterocycles. The lowest BCUT2D eigenvalue weighted by Gasteiger charge is -2.31. The van der Waals surface area contributed by atoms with Crippen molar-refractivity contribution in [2.45, 2.75) is 24.8 Å². The molecule has 2 atom stereocenters. The number of fused-ring (bicyclic) bond motifs is 4. The van der Waals surface area contributed by atoms with Crippen molar-refractivity contribution >= 4 is 52.5 Å². The van der Waals surface area contributed by atoms with Crippen LogP contribution in [-0.4, -0.2) is 44.4 Å². The molecule has 2 amide bonds. The van der Waals surface area contributed by atoms with Gasteiger partial charge in [0.2, 0.25) is 11.8 Å². The number of nitrogens with one attached hydrogen (secondary N) is 1. The highest BCUT2D eigenvalue weighted by Crippen LogP contribution is 2.52. The number of carbonyl (C=O) groups excluding carboxylic acids is 2. The molecule has 2 aromatic carbocycles. The third-order valence-electron chi connectivity index (χ3n) is 6.11. The van der Waals surface area contributed by atoms with E-state index in [1.165, 1.54) is 4.68 Å². The first kappa shape index (κ1) is 21.4. The Bertz CT molecular complexity index is 1320. The Hall–Kier alpha value is -3.43. The Morgan fingerprint density at radius 1 is 1.18 bits per heavy atom. The van der Waals surface area contributed by atoms with Gasteiger partial charge in [0.1, 0.15) is 17.7 Å². The second kappa shape index (κ2) is 7.57. The maximum Gasteiger partial charge on any atom is 0.323 e. The molecule has 33 heavy (non-hydrogen) atoms. The molecule has 2 N–H and O–H groups in total. The maximum absolute atomic E-state index is 13.7. The number of rotatable bonds is 4. The molecule has 9 nitrogen and oxygen atoms in total. The zero-order valence-corrected chi connectivity index (χ0v) is 18.8. The molecule has 2 aliphatic rings. The van der Waals surface area contributed by atoms with Gasteiger partial charge in [0.05, 0.1) is 12.5 Å². The van der Waals surface area contributed by atoms with E-state index in [1.807, 2.05) is 19.1 Å². The van der Waals surface area contributed by atoms with Crippen molar-refractivity contribution in [2.75, 3.05) is 16.8 Å². The van der Waals surface area contributed by atoms with Crippen LogP contribution < -0.4 is 10.2 Å². The van der Waals surface area contributed by atoms with Gasteiger partial charge in [0, 0.05) is 15.7 Å². The highest BCUT2D eigenvalue weighted by molar-refractivity contribution is 6.31. The van der Waals surface area contributed by atoms with Crippen LogP contribution in [0.4, 0.5) is 11.5 Å². The van der Waals surface area contributed by atoms with E-state index in [-0.39, 0.29) is 24.0 Å². The summed E-state index contributed by atoms with van der Waals surface area (Å²) in [7, 11) is 0. The minimum Gasteiger partial charge on any atom is -0.480 e. The van der Waals surface area contributed by atoms with Crippen LogP contribution in [0.3, 0.4) is 0 Å². The first-order valence-electron chi connectivity index (χ1n) is 10.1. The number of carboxylic acid groups (broad SMARTS) is 1. The standard InChI is InChI=1S/C22H17Cl2N5O4/c1-11(12-2-4-13(23)5-3-12)29-20-19(26-27-29)22(9-17(30)25-20)15-8-14(24)6-7-16(15)28(21(22)33)10-18(31)32/h2-8,11H,9-10H2,1H3,(H,25,30)(H,31,32)/t11?,22-/m1/s1. The second-order valence-electron chi connectivity index (χ2n) is 8.04. The Balaban J connectivity index is 1.70. The van der Waals surface area contributed by atoms with Crippen LogP contribution in [0.2, 0.25) is 10.0 Å². The zero-order chi connectivity index (χ0) is 23.5. The highest BCUT2D eigenvalue weighted by Gasteiger charge is 2.59. The molecule has 11 heteroatoms. The minimum atomic E-state index is -1.52. The van der Waals surface area contributed by atoms with Gasteiger partial charge in [-0.15, -0.1) is 5.10 Å². The fraction of sp³-hybridized carbons (Fsp3) is 0.227. The zero-order valence-electron chi connectivity index (χ0n) is 17.2. The summed E-state index contributed by atoms with van der Waals surface area (Å²) >= 11 is 12.2. The topological polar surface area (TPSA) is 117 Å². The third kappa shape index (κ3) is 3.19. The smallest absolute Gasteiger partial charge is 0.323 e. The van der Waals surface area contributed by atoms with E-state index < -0.39 is 29.7 Å². The highest BCUT2D eigenvalue weighted by atomic mass is 35.5. The molecule has 1 unspecified atom stereocenters. The van der Waals surface area contributed by atoms with Gasteiger partial charge in [0.15, 0.2) is 5.82 Å². The molecule has 0 fully saturated rings. The average Bonchev–Trinajstić information content (AvgIpc) is 3.28. The molecule has 3 heterocycles. The summed E-state index contributed by atoms with van der Waals surface area (Å²) in [6.07, 6.45) is -0.240. The van der Waals surface area contributed by atoms with Gasteiger partial charge in [0.25, 0.3) is 0 Å². The molecule has 0 bridgehead atoms. The van der Waals surface area contributed by atoms with Gasteiger partial charge in [-0.1, -0.05) is 40.5 Å². The lowest BCUT2D eigenvalue weighted by Crippen LogP contribution is -2.48. The first-order valence-corrected chi connectivity index (χ1v) is 10.8. The summed E-state index contributed by atoms with van der Waals surface area (Å²) in [5, 5.41) is 21.7. The summed E-state index contributed by atoms with van der Waals surface area (Å²) in [6, 6.07) is 11.6. The lowest BCUT2D eigenvalue weighted by molar-refractivity contribution is -0.137. The summed E-state index contributed by atoms with van der Waals surface area (Å²) < 4.78 is 1.54. The number of benzene rings is 2. The van der Waals surface area contributed by atoms with Gasteiger partial charge in [-0.2, -0.15) is 0 Å². The number of aromatic nitrogens is 3. The Morgan fingerprint density at radius 3 is 2.58 bits per heavy atom. The van der Waals surface area contributed by atoms with Crippen molar-refractivity contribution in [1.29, 1.82) is 0 Å². The average molecular weight is 486 g/mol. The largest absolute Gasteiger partial charge is 0.480 e. The van der Waals surface area contributed by atoms with Crippen LogP contribution >= 0.6 is 23.2 Å². The van der Waals surface area contributed by atoms with E-state index in [1.54, 1.807) is 30.3 Å². The van der Waals surface area contributed by atoms with Crippen molar-refractivity contribution in [3.05, 3.63) is 69.3 Å². The maximum atomic E-state index is 13.7. The van der Waals surface area contributed by atoms with Crippen molar-refractivity contribution in [1.82, 2.24) is 15.0 Å². The quantitative estimate of drug-likeness (QED) is 0.585. The molecule has 5 rings (SSSR count). The lowest BCUT2D eigenvalue weighted by atomic mass is 9.73. The second-order valence-corrected chi connectivity index (χ2v) is 8.91. The van der Waals surface area contributed by atoms with Crippen molar-refractivity contribution in [3.63, 3.8) is 0 Å². The van der Waals surface area contributed by atoms with Crippen LogP contribution in [0.1, 0.15) is 36.2 Å².